The summed E-state index contributed by atoms with van der Waals surface area (Å²) in [4.78, 5) is 72.9. The van der Waals surface area contributed by atoms with Crippen LogP contribution in [-0.4, -0.2) is 157 Å². The van der Waals surface area contributed by atoms with Crippen LogP contribution in [0.1, 0.15) is 86.1 Å². The molecule has 0 bridgehead atoms. The molecule has 2 N–H and O–H groups in total. The number of hydrogen-bond acceptors (Lipinski definition) is 12. The number of hydrogen-bond donors (Lipinski definition) is 2. The molecule has 3 amide bonds. The highest BCUT2D eigenvalue weighted by Crippen LogP contribution is 2.31. The topological polar surface area (TPSA) is 171 Å². The van der Waals surface area contributed by atoms with E-state index in [0.29, 0.717) is 45.8 Å². The molecule has 1 heterocycles. The van der Waals surface area contributed by atoms with Crippen molar-refractivity contribution in [1.29, 1.82) is 0 Å². The van der Waals surface area contributed by atoms with Crippen LogP contribution in [0, 0.1) is 29.6 Å². The van der Waals surface area contributed by atoms with E-state index in [2.05, 4.69) is 10.6 Å². The second-order valence-corrected chi connectivity index (χ2v) is 17.3. The molecule has 1 unspecified atom stereocenters. The molecule has 1 aliphatic heterocycles. The van der Waals surface area contributed by atoms with Gasteiger partial charge in [-0.25, -0.2) is 4.79 Å². The Morgan fingerprint density at radius 2 is 1.47 bits per heavy atom. The van der Waals surface area contributed by atoms with Crippen LogP contribution in [0.2, 0.25) is 0 Å². The highest BCUT2D eigenvalue weighted by atomic mass is 16.6. The van der Waals surface area contributed by atoms with Gasteiger partial charge in [0.05, 0.1) is 75.7 Å². The Labute approximate surface area is 371 Å². The van der Waals surface area contributed by atoms with Gasteiger partial charge in [0.2, 0.25) is 17.7 Å². The predicted octanol–water partition coefficient (Wildman–Crippen LogP) is 4.33. The number of benzene rings is 1. The molecule has 1 saturated heterocycles. The zero-order valence-electron chi connectivity index (χ0n) is 39.8. The first-order valence-electron chi connectivity index (χ1n) is 22.5. The number of likely N-dealkylation sites (N-methyl/N-ethyl adjacent to an activating group) is 2. The predicted molar refractivity (Wildman–Crippen MR) is 238 cm³/mol. The number of carbonyl (C=O) groups excluding carboxylic acids is 5. The lowest BCUT2D eigenvalue weighted by molar-refractivity contribution is -0.151. The molecular weight excluding hydrogens is 797 g/mol. The van der Waals surface area contributed by atoms with Crippen LogP contribution in [0.15, 0.2) is 30.3 Å². The number of esters is 1. The maximum Gasteiger partial charge on any atom is 0.329 e. The number of ketones is 1. The first-order chi connectivity index (χ1) is 29.6. The van der Waals surface area contributed by atoms with Gasteiger partial charge >= 0.3 is 5.97 Å². The maximum atomic E-state index is 14.4. The zero-order valence-corrected chi connectivity index (χ0v) is 39.8. The van der Waals surface area contributed by atoms with Crippen molar-refractivity contribution < 1.29 is 52.4 Å². The molecule has 9 atom stereocenters. The van der Waals surface area contributed by atoms with Gasteiger partial charge in [-0.1, -0.05) is 85.2 Å². The molecule has 1 fully saturated rings. The first-order valence-corrected chi connectivity index (χ1v) is 22.5. The van der Waals surface area contributed by atoms with E-state index in [1.165, 1.54) is 7.11 Å². The number of ether oxygens (including phenoxy) is 6. The van der Waals surface area contributed by atoms with Crippen molar-refractivity contribution in [2.45, 2.75) is 123 Å². The summed E-state index contributed by atoms with van der Waals surface area (Å²) < 4.78 is 33.5. The van der Waals surface area contributed by atoms with E-state index in [0.717, 1.165) is 12.0 Å². The summed E-state index contributed by atoms with van der Waals surface area (Å²) in [5.74, 6) is -2.61. The third-order valence-corrected chi connectivity index (χ3v) is 12.3. The van der Waals surface area contributed by atoms with Crippen molar-refractivity contribution in [2.24, 2.45) is 29.6 Å². The van der Waals surface area contributed by atoms with E-state index in [1.807, 2.05) is 71.9 Å². The van der Waals surface area contributed by atoms with Crippen LogP contribution < -0.4 is 10.6 Å². The molecule has 1 aliphatic rings. The molecule has 0 radical (unpaired) electrons. The van der Waals surface area contributed by atoms with Crippen LogP contribution in [0.5, 0.6) is 0 Å². The largest absolute Gasteiger partial charge is 0.462 e. The maximum absolute atomic E-state index is 14.4. The molecule has 1 aromatic carbocycles. The highest BCUT2D eigenvalue weighted by molar-refractivity contribution is 5.90. The van der Waals surface area contributed by atoms with E-state index in [1.54, 1.807) is 45.0 Å². The smallest absolute Gasteiger partial charge is 0.329 e. The average molecular weight is 877 g/mol. The fourth-order valence-corrected chi connectivity index (χ4v) is 8.50. The third kappa shape index (κ3) is 16.9. The molecule has 62 heavy (non-hydrogen) atoms. The number of Topliss-reactive ketones (excluding diaryl/α,β-unsaturated/α-hetero) is 1. The molecule has 2 rings (SSSR count). The first kappa shape index (κ1) is 54.7. The molecular formula is C47H80N4O11. The van der Waals surface area contributed by atoms with Gasteiger partial charge in [0.1, 0.15) is 12.6 Å². The summed E-state index contributed by atoms with van der Waals surface area (Å²) in [6.07, 6.45) is 1.09. The summed E-state index contributed by atoms with van der Waals surface area (Å²) in [6.45, 7) is 16.0. The molecule has 354 valence electrons. The summed E-state index contributed by atoms with van der Waals surface area (Å²) in [5, 5.41) is 6.03. The minimum Gasteiger partial charge on any atom is -0.462 e. The van der Waals surface area contributed by atoms with E-state index in [9.17, 15) is 24.0 Å². The lowest BCUT2D eigenvalue weighted by Crippen LogP contribution is -2.55. The van der Waals surface area contributed by atoms with E-state index < -0.39 is 54.0 Å². The minimum atomic E-state index is -0.975. The van der Waals surface area contributed by atoms with E-state index >= 15 is 0 Å². The Morgan fingerprint density at radius 1 is 0.839 bits per heavy atom. The monoisotopic (exact) mass is 877 g/mol. The van der Waals surface area contributed by atoms with Gasteiger partial charge in [-0.15, -0.1) is 0 Å². The van der Waals surface area contributed by atoms with Gasteiger partial charge in [0.15, 0.2) is 5.78 Å². The van der Waals surface area contributed by atoms with Gasteiger partial charge in [-0.05, 0) is 43.2 Å². The third-order valence-electron chi connectivity index (χ3n) is 12.3. The van der Waals surface area contributed by atoms with Gasteiger partial charge < -0.3 is 48.9 Å². The van der Waals surface area contributed by atoms with Crippen molar-refractivity contribution in [3.8, 4) is 0 Å². The standard InChI is InChI=1S/C47H80N4O11/c1-13-33(6)43(50(9)46(55)36(31(2)3)29-39(52)42(48-8)32(4)5)40(58-11)30-41(53)51-21-17-20-38(51)44(59-12)34(7)45(54)49-37(28-35-18-15-14-16-19-35)47(56)62-27-26-61-25-24-60-23-22-57-10/h14-16,18-19,31-34,36-38,40,42-44,48H,13,17,20-30H2,1-12H3,(H,49,54)/t33-,34+,36-,37-,38-,40?,42-,43-,44+/m0/s1. The Bertz CT molecular complexity index is 1480. The number of rotatable bonds is 31. The van der Waals surface area contributed by atoms with Crippen LogP contribution in [0.4, 0.5) is 0 Å². The van der Waals surface area contributed by atoms with E-state index in [-0.39, 0.29) is 73.9 Å². The normalized spacial score (nSPS) is 18.1. The molecule has 15 heteroatoms. The van der Waals surface area contributed by atoms with Crippen molar-refractivity contribution in [1.82, 2.24) is 20.4 Å². The summed E-state index contributed by atoms with van der Waals surface area (Å²) >= 11 is 0. The number of likely N-dealkylation sites (tertiary alicyclic amines) is 1. The SMILES string of the molecule is CC[C@H](C)[C@@H](C(CC(=O)N1CCC[C@H]1[C@H](OC)[C@@H](C)C(=O)N[C@@H](Cc1ccccc1)C(=O)OCCOCCOCCOC)OC)N(C)C(=O)[C@@H](CC(=O)[C@@H](NC)C(C)C)C(C)C. The van der Waals surface area contributed by atoms with Crippen LogP contribution >= 0.6 is 0 Å². The molecule has 0 saturated carbocycles. The fraction of sp³-hybridized carbons (Fsp3) is 0.766. The number of carbonyl (C=O) groups is 5. The van der Waals surface area contributed by atoms with Crippen molar-refractivity contribution in [3.63, 3.8) is 0 Å². The minimum absolute atomic E-state index is 0.00122. The lowest BCUT2D eigenvalue weighted by atomic mass is 9.84. The van der Waals surface area contributed by atoms with Crippen molar-refractivity contribution in [3.05, 3.63) is 35.9 Å². The van der Waals surface area contributed by atoms with Gasteiger partial charge in [-0.2, -0.15) is 0 Å². The molecule has 0 aromatic heterocycles. The average Bonchev–Trinajstić information content (AvgIpc) is 3.74. The molecule has 0 aliphatic carbocycles. The Morgan fingerprint density at radius 3 is 2.02 bits per heavy atom. The quantitative estimate of drug-likeness (QED) is 0.0801. The summed E-state index contributed by atoms with van der Waals surface area (Å²) in [6, 6.07) is 7.18. The van der Waals surface area contributed by atoms with Crippen LogP contribution in [0.25, 0.3) is 0 Å². The number of nitrogens with one attached hydrogen (secondary N) is 2. The second-order valence-electron chi connectivity index (χ2n) is 17.3. The van der Waals surface area contributed by atoms with E-state index in [4.69, 9.17) is 28.4 Å². The zero-order chi connectivity index (χ0) is 46.4. The lowest BCUT2D eigenvalue weighted by Gasteiger charge is -2.41. The van der Waals surface area contributed by atoms with Crippen LogP contribution in [0.3, 0.4) is 0 Å². The van der Waals surface area contributed by atoms with Gasteiger partial charge in [-0.3, -0.25) is 19.2 Å². The van der Waals surface area contributed by atoms with Gasteiger partial charge in [0.25, 0.3) is 0 Å². The number of nitrogens with zero attached hydrogens (tertiary/aromatic N) is 2. The van der Waals surface area contributed by atoms with Gasteiger partial charge in [0, 0.05) is 53.7 Å². The van der Waals surface area contributed by atoms with Crippen molar-refractivity contribution in [2.75, 3.05) is 81.6 Å². The van der Waals surface area contributed by atoms with Crippen LogP contribution in [-0.2, 0) is 58.8 Å². The molecule has 15 nitrogen and oxygen atoms in total. The highest BCUT2D eigenvalue weighted by Gasteiger charge is 2.43. The number of amides is 3. The molecule has 1 aromatic rings. The summed E-state index contributed by atoms with van der Waals surface area (Å²) in [7, 11) is 8.21. The summed E-state index contributed by atoms with van der Waals surface area (Å²) in [5.41, 5.74) is 0.847. The molecule has 0 spiro atoms. The Balaban J connectivity index is 2.22. The Kier molecular flexibility index (Phi) is 25.6. The van der Waals surface area contributed by atoms with Crippen molar-refractivity contribution >= 4 is 29.5 Å². The number of methoxy groups -OCH3 is 3. The Hall–Kier alpha value is -3.47. The fourth-order valence-electron chi connectivity index (χ4n) is 8.50. The second kappa shape index (κ2) is 29.1.